The molecule has 44 heavy (non-hydrogen) atoms. The van der Waals surface area contributed by atoms with Gasteiger partial charge in [0.2, 0.25) is 5.70 Å². The number of hydrogen-bond acceptors (Lipinski definition) is 6. The van der Waals surface area contributed by atoms with Gasteiger partial charge >= 0.3 is 0 Å². The molecule has 0 fully saturated rings. The summed E-state index contributed by atoms with van der Waals surface area (Å²) < 4.78 is 32.0. The summed E-state index contributed by atoms with van der Waals surface area (Å²) in [7, 11) is 0. The Hall–Kier alpha value is -7.60. The van der Waals surface area contributed by atoms with Gasteiger partial charge < -0.3 is 0 Å². The van der Waals surface area contributed by atoms with E-state index >= 15 is 8.78 Å². The molecule has 5 rings (SSSR count). The zero-order valence-corrected chi connectivity index (χ0v) is 22.0. The normalized spacial score (nSPS) is 14.8. The quantitative estimate of drug-likeness (QED) is 0.231. The number of hydrogen-bond donors (Lipinski definition) is 0. The van der Waals surface area contributed by atoms with Crippen molar-refractivity contribution in [2.24, 2.45) is 0 Å². The fourth-order valence-corrected chi connectivity index (χ4v) is 5.15. The fraction of sp³-hybridized carbons (Fsp3) is 0. The van der Waals surface area contributed by atoms with Gasteiger partial charge in [-0.1, -0.05) is 0 Å². The van der Waals surface area contributed by atoms with Gasteiger partial charge in [-0.2, -0.15) is 31.6 Å². The van der Waals surface area contributed by atoms with Crippen LogP contribution in [0.4, 0.5) is 14.5 Å². The molecule has 10 heteroatoms. The van der Waals surface area contributed by atoms with Gasteiger partial charge in [-0.25, -0.2) is 18.5 Å². The average molecular weight is 566 g/mol. The van der Waals surface area contributed by atoms with Crippen LogP contribution in [0, 0.1) is 81.1 Å². The summed E-state index contributed by atoms with van der Waals surface area (Å²) in [4.78, 5) is 6.77. The maximum absolute atomic E-state index is 16.0. The molecule has 0 spiro atoms. The lowest BCUT2D eigenvalue weighted by Crippen LogP contribution is -1.96. The van der Waals surface area contributed by atoms with Crippen molar-refractivity contribution in [1.82, 2.24) is 0 Å². The maximum atomic E-state index is 16.0. The second-order valence-corrected chi connectivity index (χ2v) is 9.26. The number of rotatable bonds is 2. The van der Waals surface area contributed by atoms with E-state index in [1.807, 2.05) is 24.3 Å². The SMILES string of the molecule is [C-]#[N+]/C(=C1/C(F)=C(C#N)c2cc3c(cc21)/C(=C(\C#N)c1cc(C#N)cc([N+]#[C-])c1)C(F)=C3C#N)c1cc(C#N)cc(C#N)c1. The molecule has 0 amide bonds. The topological polar surface area (TPSA) is 151 Å². The Kier molecular flexibility index (Phi) is 6.83. The summed E-state index contributed by atoms with van der Waals surface area (Å²) in [6.45, 7) is 15.2. The zero-order valence-electron chi connectivity index (χ0n) is 22.0. The minimum Gasteiger partial charge on any atom is -0.238 e. The number of allylic oxidation sites excluding steroid dienone is 7. The fourth-order valence-electron chi connectivity index (χ4n) is 5.15. The first-order valence-electron chi connectivity index (χ1n) is 12.2. The molecule has 0 heterocycles. The first kappa shape index (κ1) is 27.9. The van der Waals surface area contributed by atoms with E-state index < -0.39 is 22.8 Å². The highest BCUT2D eigenvalue weighted by atomic mass is 19.1. The summed E-state index contributed by atoms with van der Waals surface area (Å²) in [6.07, 6.45) is 0. The lowest BCUT2D eigenvalue weighted by Gasteiger charge is -2.12. The van der Waals surface area contributed by atoms with Crippen LogP contribution in [0.3, 0.4) is 0 Å². The van der Waals surface area contributed by atoms with E-state index in [-0.39, 0.29) is 78.2 Å². The van der Waals surface area contributed by atoms with Gasteiger partial charge in [0.1, 0.15) is 24.0 Å². The first-order chi connectivity index (χ1) is 21.3. The third-order valence-electron chi connectivity index (χ3n) is 6.98. The number of nitriles is 6. The Bertz CT molecular complexity index is 2150. The predicted molar refractivity (Wildman–Crippen MR) is 153 cm³/mol. The molecule has 0 saturated carbocycles. The minimum atomic E-state index is -1.08. The molecule has 0 aromatic heterocycles. The molecule has 0 atom stereocenters. The van der Waals surface area contributed by atoms with Crippen LogP contribution in [0.2, 0.25) is 0 Å². The summed E-state index contributed by atoms with van der Waals surface area (Å²) in [5, 5.41) is 58.1. The maximum Gasteiger partial charge on any atom is 0.205 e. The zero-order chi connectivity index (χ0) is 31.7. The summed E-state index contributed by atoms with van der Waals surface area (Å²) in [5.74, 6) is -2.15. The smallest absolute Gasteiger partial charge is 0.205 e. The van der Waals surface area contributed by atoms with Gasteiger partial charge in [0.25, 0.3) is 0 Å². The molecule has 0 unspecified atom stereocenters. The first-order valence-corrected chi connectivity index (χ1v) is 12.2. The molecule has 0 saturated heterocycles. The molecular formula is C34H8F2N8. The van der Waals surface area contributed by atoms with E-state index in [0.717, 1.165) is 0 Å². The number of benzene rings is 3. The van der Waals surface area contributed by atoms with E-state index in [1.165, 1.54) is 48.5 Å². The third-order valence-corrected chi connectivity index (χ3v) is 6.98. The van der Waals surface area contributed by atoms with E-state index in [4.69, 9.17) is 13.1 Å². The summed E-state index contributed by atoms with van der Waals surface area (Å²) >= 11 is 0. The van der Waals surface area contributed by atoms with Crippen LogP contribution in [-0.2, 0) is 0 Å². The van der Waals surface area contributed by atoms with Crippen molar-refractivity contribution in [3.63, 3.8) is 0 Å². The molecule has 2 aliphatic rings. The standard InChI is InChI=1S/C34H8F2N8/c1-43-22-7-19(13-39)4-20(8-22)27(14-40)30-25-10-26-24(9-23(25)28(15-41)32(30)35)29(16-42)33(36)31(26)34(44-2)21-5-17(11-37)3-18(6-21)12-38/h3-10H/b30-27-,34-31+. The Morgan fingerprint density at radius 2 is 1.07 bits per heavy atom. The van der Waals surface area contributed by atoms with E-state index in [1.54, 1.807) is 12.1 Å². The lowest BCUT2D eigenvalue weighted by molar-refractivity contribution is 0.682. The molecule has 0 N–H and O–H groups in total. The van der Waals surface area contributed by atoms with Gasteiger partial charge in [-0.15, -0.1) is 0 Å². The number of halogens is 2. The second kappa shape index (κ2) is 10.8. The van der Waals surface area contributed by atoms with Crippen LogP contribution in [0.25, 0.3) is 43.3 Å². The molecule has 8 nitrogen and oxygen atoms in total. The molecule has 198 valence electrons. The third kappa shape index (κ3) is 4.13. The summed E-state index contributed by atoms with van der Waals surface area (Å²) in [5.41, 5.74) is -2.20. The molecule has 3 aromatic rings. The highest BCUT2D eigenvalue weighted by Gasteiger charge is 2.37. The van der Waals surface area contributed by atoms with Crippen molar-refractivity contribution in [2.75, 3.05) is 0 Å². The highest BCUT2D eigenvalue weighted by Crippen LogP contribution is 2.52. The molecular weight excluding hydrogens is 558 g/mol. The van der Waals surface area contributed by atoms with Crippen LogP contribution < -0.4 is 0 Å². The molecule has 0 aliphatic heterocycles. The average Bonchev–Trinajstić information content (AvgIpc) is 3.48. The minimum absolute atomic E-state index is 0.0117. The van der Waals surface area contributed by atoms with Crippen molar-refractivity contribution < 1.29 is 8.78 Å². The highest BCUT2D eigenvalue weighted by molar-refractivity contribution is 6.17. The lowest BCUT2D eigenvalue weighted by atomic mass is 9.90. The Morgan fingerprint density at radius 3 is 1.57 bits per heavy atom. The van der Waals surface area contributed by atoms with Crippen LogP contribution in [0.15, 0.2) is 60.2 Å². The van der Waals surface area contributed by atoms with Crippen LogP contribution >= 0.6 is 0 Å². The monoisotopic (exact) mass is 566 g/mol. The largest absolute Gasteiger partial charge is 0.238 e. The van der Waals surface area contributed by atoms with Gasteiger partial charge in [-0.3, -0.25) is 0 Å². The van der Waals surface area contributed by atoms with Gasteiger partial charge in [0.15, 0.2) is 11.5 Å². The van der Waals surface area contributed by atoms with Crippen LogP contribution in [-0.4, -0.2) is 0 Å². The van der Waals surface area contributed by atoms with Gasteiger partial charge in [-0.05, 0) is 70.8 Å². The molecule has 0 bridgehead atoms. The van der Waals surface area contributed by atoms with Gasteiger partial charge in [0, 0.05) is 27.8 Å². The molecule has 3 aromatic carbocycles. The van der Waals surface area contributed by atoms with Crippen LogP contribution in [0.5, 0.6) is 0 Å². The number of nitrogens with zero attached hydrogens (tertiary/aromatic N) is 8. The predicted octanol–water partition coefficient (Wildman–Crippen LogP) is 7.51. The number of fused-ring (bicyclic) bond motifs is 2. The van der Waals surface area contributed by atoms with Crippen LogP contribution in [0.1, 0.15) is 50.1 Å². The Labute approximate surface area is 249 Å². The van der Waals surface area contributed by atoms with Crippen molar-refractivity contribution in [3.8, 4) is 36.4 Å². The van der Waals surface area contributed by atoms with Crippen molar-refractivity contribution in [1.29, 1.82) is 31.6 Å². The van der Waals surface area contributed by atoms with Crippen molar-refractivity contribution in [3.05, 3.63) is 133 Å². The molecule has 2 aliphatic carbocycles. The van der Waals surface area contributed by atoms with Crippen molar-refractivity contribution >= 4 is 39.2 Å². The van der Waals surface area contributed by atoms with E-state index in [9.17, 15) is 31.6 Å². The molecule has 0 radical (unpaired) electrons. The second-order valence-electron chi connectivity index (χ2n) is 9.26. The Morgan fingerprint density at radius 1 is 0.568 bits per heavy atom. The van der Waals surface area contributed by atoms with Crippen molar-refractivity contribution in [2.45, 2.75) is 0 Å². The Balaban J connectivity index is 1.90. The van der Waals surface area contributed by atoms with E-state index in [0.29, 0.717) is 0 Å². The van der Waals surface area contributed by atoms with E-state index in [2.05, 4.69) is 9.69 Å². The van der Waals surface area contributed by atoms with Gasteiger partial charge in [0.05, 0.1) is 59.2 Å². The summed E-state index contributed by atoms with van der Waals surface area (Å²) in [6, 6.07) is 21.3.